The van der Waals surface area contributed by atoms with E-state index in [1.807, 2.05) is 11.8 Å². The number of hydrogen-bond donors (Lipinski definition) is 1. The summed E-state index contributed by atoms with van der Waals surface area (Å²) in [5.74, 6) is 0. The lowest BCUT2D eigenvalue weighted by Crippen LogP contribution is -2.28. The van der Waals surface area contributed by atoms with E-state index in [2.05, 4.69) is 16.3 Å². The number of thioether (sulfide) groups is 1. The van der Waals surface area contributed by atoms with Gasteiger partial charge in [0.25, 0.3) is 0 Å². The summed E-state index contributed by atoms with van der Waals surface area (Å²) in [5, 5.41) is 4.11. The van der Waals surface area contributed by atoms with Crippen molar-refractivity contribution in [2.45, 2.75) is 43.2 Å². The number of halogens is 3. The summed E-state index contributed by atoms with van der Waals surface area (Å²) in [5.41, 5.74) is 0. The van der Waals surface area contributed by atoms with E-state index in [4.69, 9.17) is 0 Å². The third-order valence-electron chi connectivity index (χ3n) is 2.88. The monoisotopic (exact) mass is 271 g/mol. The highest BCUT2D eigenvalue weighted by Gasteiger charge is 2.27. The minimum Gasteiger partial charge on any atom is -0.372 e. The van der Waals surface area contributed by atoms with Crippen molar-refractivity contribution in [2.75, 3.05) is 26.0 Å². The lowest BCUT2D eigenvalue weighted by molar-refractivity contribution is -0.173. The Morgan fingerprint density at radius 2 is 2.12 bits per heavy atom. The molecule has 17 heavy (non-hydrogen) atoms. The first-order chi connectivity index (χ1) is 8.01. The van der Waals surface area contributed by atoms with Crippen LogP contribution in [0.4, 0.5) is 13.2 Å². The molecule has 0 radical (unpaired) electrons. The van der Waals surface area contributed by atoms with Gasteiger partial charge in [0.2, 0.25) is 0 Å². The summed E-state index contributed by atoms with van der Waals surface area (Å²) in [6.07, 6.45) is 2.14. The Labute approximate surface area is 105 Å². The van der Waals surface area contributed by atoms with Gasteiger partial charge in [0.15, 0.2) is 0 Å². The largest absolute Gasteiger partial charge is 0.411 e. The van der Waals surface area contributed by atoms with Crippen LogP contribution in [0.15, 0.2) is 0 Å². The second kappa shape index (κ2) is 7.48. The zero-order valence-electron chi connectivity index (χ0n) is 10.1. The van der Waals surface area contributed by atoms with Crippen molar-refractivity contribution in [3.63, 3.8) is 0 Å². The third kappa shape index (κ3) is 7.16. The molecule has 0 bridgehead atoms. The molecule has 0 aromatic heterocycles. The van der Waals surface area contributed by atoms with Gasteiger partial charge >= 0.3 is 6.18 Å². The van der Waals surface area contributed by atoms with Crippen LogP contribution >= 0.6 is 11.8 Å². The lowest BCUT2D eigenvalue weighted by Gasteiger charge is -2.13. The molecule has 1 rings (SSSR count). The zero-order chi connectivity index (χ0) is 12.7. The first-order valence-electron chi connectivity index (χ1n) is 5.92. The molecule has 0 aromatic carbocycles. The molecular weight excluding hydrogens is 251 g/mol. The minimum atomic E-state index is -4.20. The van der Waals surface area contributed by atoms with Crippen LogP contribution in [0.2, 0.25) is 0 Å². The van der Waals surface area contributed by atoms with Gasteiger partial charge in [0.1, 0.15) is 6.61 Å². The van der Waals surface area contributed by atoms with Crippen LogP contribution in [0.3, 0.4) is 0 Å². The molecule has 0 spiro atoms. The number of rotatable bonds is 7. The molecule has 1 aliphatic rings. The van der Waals surface area contributed by atoms with Crippen molar-refractivity contribution in [1.82, 2.24) is 5.32 Å². The molecule has 0 saturated heterocycles. The van der Waals surface area contributed by atoms with Crippen molar-refractivity contribution in [1.29, 1.82) is 0 Å². The van der Waals surface area contributed by atoms with Gasteiger partial charge in [-0.3, -0.25) is 0 Å². The van der Waals surface area contributed by atoms with Gasteiger partial charge in [-0.2, -0.15) is 24.9 Å². The average molecular weight is 271 g/mol. The summed E-state index contributed by atoms with van der Waals surface area (Å²) in [6.45, 7) is -0.222. The van der Waals surface area contributed by atoms with Crippen molar-refractivity contribution in [3.05, 3.63) is 0 Å². The summed E-state index contributed by atoms with van der Waals surface area (Å²) in [4.78, 5) is 0. The van der Waals surface area contributed by atoms with E-state index in [0.29, 0.717) is 12.5 Å². The van der Waals surface area contributed by atoms with Crippen LogP contribution in [0.25, 0.3) is 0 Å². The second-order valence-electron chi connectivity index (χ2n) is 4.34. The maximum absolute atomic E-state index is 11.7. The molecule has 102 valence electrons. The van der Waals surface area contributed by atoms with E-state index in [1.165, 1.54) is 19.3 Å². The molecule has 1 aliphatic carbocycles. The number of hydrogen-bond acceptors (Lipinski definition) is 3. The molecule has 0 aromatic rings. The van der Waals surface area contributed by atoms with E-state index >= 15 is 0 Å². The molecule has 2 atom stereocenters. The minimum absolute atomic E-state index is 0.172. The quantitative estimate of drug-likeness (QED) is 0.719. The third-order valence-corrected chi connectivity index (χ3v) is 3.98. The molecule has 1 N–H and O–H groups in total. The van der Waals surface area contributed by atoms with Crippen LogP contribution in [0.5, 0.6) is 0 Å². The van der Waals surface area contributed by atoms with Crippen molar-refractivity contribution < 1.29 is 17.9 Å². The summed E-state index contributed by atoms with van der Waals surface area (Å²) in [6, 6.07) is 0.537. The van der Waals surface area contributed by atoms with E-state index < -0.39 is 12.8 Å². The Kier molecular flexibility index (Phi) is 6.66. The number of alkyl halides is 3. The summed E-state index contributed by atoms with van der Waals surface area (Å²) in [7, 11) is 0. The predicted molar refractivity (Wildman–Crippen MR) is 64.4 cm³/mol. The van der Waals surface area contributed by atoms with Crippen LogP contribution in [-0.2, 0) is 4.74 Å². The molecule has 0 heterocycles. The lowest BCUT2D eigenvalue weighted by atomic mass is 10.2. The summed E-state index contributed by atoms with van der Waals surface area (Å²) >= 11 is 1.90. The maximum Gasteiger partial charge on any atom is 0.411 e. The van der Waals surface area contributed by atoms with Crippen LogP contribution < -0.4 is 5.32 Å². The van der Waals surface area contributed by atoms with Crippen molar-refractivity contribution in [3.8, 4) is 0 Å². The molecule has 0 amide bonds. The average Bonchev–Trinajstić information content (AvgIpc) is 2.69. The van der Waals surface area contributed by atoms with Crippen LogP contribution in [-0.4, -0.2) is 43.5 Å². The van der Waals surface area contributed by atoms with E-state index in [-0.39, 0.29) is 6.61 Å². The van der Waals surface area contributed by atoms with E-state index in [0.717, 1.165) is 11.8 Å². The molecule has 0 aliphatic heterocycles. The zero-order valence-corrected chi connectivity index (χ0v) is 10.9. The Bertz CT molecular complexity index is 213. The first kappa shape index (κ1) is 15.1. The summed E-state index contributed by atoms with van der Waals surface area (Å²) < 4.78 is 39.8. The fourth-order valence-electron chi connectivity index (χ4n) is 2.01. The van der Waals surface area contributed by atoms with Gasteiger partial charge in [-0.05, 0) is 38.5 Å². The van der Waals surface area contributed by atoms with Gasteiger partial charge < -0.3 is 10.1 Å². The molecular formula is C11H20F3NOS. The van der Waals surface area contributed by atoms with Gasteiger partial charge in [-0.15, -0.1) is 0 Å². The van der Waals surface area contributed by atoms with E-state index in [9.17, 15) is 13.2 Å². The standard InChI is InChI=1S/C11H20F3NOS/c1-17-10-4-3-9(7-10)15-5-2-6-16-8-11(12,13)14/h9-10,15H,2-8H2,1H3. The number of nitrogens with one attached hydrogen (secondary N) is 1. The Balaban J connectivity index is 1.91. The van der Waals surface area contributed by atoms with Crippen molar-refractivity contribution in [2.24, 2.45) is 0 Å². The SMILES string of the molecule is CSC1CCC(NCCCOCC(F)(F)F)C1. The number of ether oxygens (including phenoxy) is 1. The predicted octanol–water partition coefficient (Wildman–Crippen LogP) is 2.83. The molecule has 2 unspecified atom stereocenters. The molecule has 1 fully saturated rings. The molecule has 2 nitrogen and oxygen atoms in total. The van der Waals surface area contributed by atoms with E-state index in [1.54, 1.807) is 0 Å². The van der Waals surface area contributed by atoms with Crippen molar-refractivity contribution >= 4 is 11.8 Å². The van der Waals surface area contributed by atoms with Gasteiger partial charge in [-0.1, -0.05) is 0 Å². The first-order valence-corrected chi connectivity index (χ1v) is 7.20. The van der Waals surface area contributed by atoms with Gasteiger partial charge in [0, 0.05) is 17.9 Å². The Morgan fingerprint density at radius 3 is 2.71 bits per heavy atom. The van der Waals surface area contributed by atoms with Gasteiger partial charge in [0.05, 0.1) is 0 Å². The van der Waals surface area contributed by atoms with Crippen LogP contribution in [0.1, 0.15) is 25.7 Å². The Morgan fingerprint density at radius 1 is 1.35 bits per heavy atom. The smallest absolute Gasteiger partial charge is 0.372 e. The fourth-order valence-corrected chi connectivity index (χ4v) is 2.80. The molecule has 6 heteroatoms. The Hall–Kier alpha value is 0.0600. The fraction of sp³-hybridized carbons (Fsp3) is 1.00. The maximum atomic E-state index is 11.7. The highest BCUT2D eigenvalue weighted by molar-refractivity contribution is 7.99. The highest BCUT2D eigenvalue weighted by Crippen LogP contribution is 2.27. The van der Waals surface area contributed by atoms with Gasteiger partial charge in [-0.25, -0.2) is 0 Å². The second-order valence-corrected chi connectivity index (χ2v) is 5.48. The highest BCUT2D eigenvalue weighted by atomic mass is 32.2. The topological polar surface area (TPSA) is 21.3 Å². The van der Waals surface area contributed by atoms with Crippen LogP contribution in [0, 0.1) is 0 Å². The normalized spacial score (nSPS) is 25.4. The molecule has 1 saturated carbocycles.